The van der Waals surface area contributed by atoms with Crippen LogP contribution in [0.15, 0.2) is 47.4 Å². The van der Waals surface area contributed by atoms with Crippen LogP contribution in [0, 0.1) is 0 Å². The monoisotopic (exact) mass is 325 g/mol. The first kappa shape index (κ1) is 15.6. The highest BCUT2D eigenvalue weighted by Crippen LogP contribution is 2.22. The molecule has 0 bridgehead atoms. The van der Waals surface area contributed by atoms with Gasteiger partial charge in [0.2, 0.25) is 10.0 Å². The fraction of sp³-hybridized carbons (Fsp3) is 0.143. The topological polar surface area (TPSA) is 98.2 Å². The molecule has 0 saturated carbocycles. The second kappa shape index (κ2) is 6.34. The van der Waals surface area contributed by atoms with E-state index in [1.165, 1.54) is 12.1 Å². The van der Waals surface area contributed by atoms with Crippen molar-refractivity contribution in [1.82, 2.24) is 0 Å². The Morgan fingerprint density at radius 2 is 1.76 bits per heavy atom. The third-order valence-electron chi connectivity index (χ3n) is 2.99. The molecule has 0 aromatic heterocycles. The molecule has 0 spiro atoms. The number of sulfonamides is 1. The Morgan fingerprint density at radius 1 is 1.10 bits per heavy atom. The lowest BCUT2D eigenvalue weighted by Crippen LogP contribution is -2.13. The highest BCUT2D eigenvalue weighted by Gasteiger charge is 2.09. The van der Waals surface area contributed by atoms with Crippen LogP contribution in [-0.4, -0.2) is 15.0 Å². The van der Waals surface area contributed by atoms with E-state index in [1.54, 1.807) is 6.07 Å². The number of nitrogens with two attached hydrogens (primary N) is 2. The van der Waals surface area contributed by atoms with Gasteiger partial charge in [0.15, 0.2) is 0 Å². The first-order valence-electron chi connectivity index (χ1n) is 6.27. The van der Waals surface area contributed by atoms with Crippen LogP contribution in [-0.2, 0) is 16.4 Å². The zero-order valence-electron chi connectivity index (χ0n) is 11.2. The molecule has 0 aliphatic heterocycles. The molecule has 0 atom stereocenters. The molecule has 0 saturated heterocycles. The van der Waals surface area contributed by atoms with Crippen LogP contribution < -0.4 is 16.2 Å². The van der Waals surface area contributed by atoms with E-state index in [-0.39, 0.29) is 4.90 Å². The van der Waals surface area contributed by atoms with E-state index in [0.717, 1.165) is 12.0 Å². The van der Waals surface area contributed by atoms with Crippen molar-refractivity contribution in [3.05, 3.63) is 53.1 Å². The molecule has 0 aliphatic rings. The molecule has 7 heteroatoms. The molecule has 2 aromatic rings. The molecule has 0 fully saturated rings. The molecule has 112 valence electrons. The normalized spacial score (nSPS) is 11.3. The minimum atomic E-state index is -3.73. The predicted octanol–water partition coefficient (Wildman–Crippen LogP) is 2.22. The molecule has 0 heterocycles. The number of hydrogen-bond acceptors (Lipinski definition) is 4. The largest absolute Gasteiger partial charge is 0.397 e. The average Bonchev–Trinajstić information content (AvgIpc) is 2.41. The summed E-state index contributed by atoms with van der Waals surface area (Å²) in [6.07, 6.45) is 0.799. The van der Waals surface area contributed by atoms with Crippen LogP contribution in [0.2, 0.25) is 5.02 Å². The van der Waals surface area contributed by atoms with Crippen LogP contribution in [0.4, 0.5) is 11.4 Å². The fourth-order valence-electron chi connectivity index (χ4n) is 1.87. The summed E-state index contributed by atoms with van der Waals surface area (Å²) in [6.45, 7) is 0.667. The molecular formula is C14H16ClN3O2S. The molecule has 0 radical (unpaired) electrons. The summed E-state index contributed by atoms with van der Waals surface area (Å²) in [7, 11) is -3.73. The number of anilines is 2. The Morgan fingerprint density at radius 3 is 2.33 bits per heavy atom. The Kier molecular flexibility index (Phi) is 4.72. The molecule has 2 aromatic carbocycles. The number of nitrogen functional groups attached to an aromatic ring is 1. The standard InChI is InChI=1S/C14H16ClN3O2S/c15-11-3-1-10(2-4-11)7-8-18-14-6-5-12(9-13(14)16)21(17,19)20/h1-6,9,18H,7-8,16H2,(H2,17,19,20). The van der Waals surface area contributed by atoms with E-state index in [1.807, 2.05) is 24.3 Å². The highest BCUT2D eigenvalue weighted by molar-refractivity contribution is 7.89. The smallest absolute Gasteiger partial charge is 0.238 e. The summed E-state index contributed by atoms with van der Waals surface area (Å²) >= 11 is 5.82. The average molecular weight is 326 g/mol. The van der Waals surface area contributed by atoms with Gasteiger partial charge in [-0.3, -0.25) is 0 Å². The maximum absolute atomic E-state index is 11.2. The SMILES string of the molecule is Nc1cc(S(N)(=O)=O)ccc1NCCc1ccc(Cl)cc1. The fourth-order valence-corrected chi connectivity index (χ4v) is 2.55. The first-order chi connectivity index (χ1) is 9.86. The lowest BCUT2D eigenvalue weighted by atomic mass is 10.1. The van der Waals surface area contributed by atoms with Gasteiger partial charge in [-0.05, 0) is 42.3 Å². The Bertz CT molecular complexity index is 730. The van der Waals surface area contributed by atoms with Gasteiger partial charge in [-0.2, -0.15) is 0 Å². The lowest BCUT2D eigenvalue weighted by Gasteiger charge is -2.10. The Labute approximate surface area is 129 Å². The van der Waals surface area contributed by atoms with Gasteiger partial charge in [-0.25, -0.2) is 13.6 Å². The van der Waals surface area contributed by atoms with Gasteiger partial charge in [0.25, 0.3) is 0 Å². The van der Waals surface area contributed by atoms with Gasteiger partial charge >= 0.3 is 0 Å². The number of benzene rings is 2. The van der Waals surface area contributed by atoms with Gasteiger partial charge in [0.05, 0.1) is 16.3 Å². The molecular weight excluding hydrogens is 310 g/mol. The maximum atomic E-state index is 11.2. The van der Waals surface area contributed by atoms with E-state index in [0.29, 0.717) is 22.9 Å². The molecule has 0 aliphatic carbocycles. The molecule has 21 heavy (non-hydrogen) atoms. The maximum Gasteiger partial charge on any atom is 0.238 e. The van der Waals surface area contributed by atoms with Crippen LogP contribution in [0.1, 0.15) is 5.56 Å². The molecule has 2 rings (SSSR count). The summed E-state index contributed by atoms with van der Waals surface area (Å²) in [4.78, 5) is 0.00301. The van der Waals surface area contributed by atoms with E-state index in [9.17, 15) is 8.42 Å². The van der Waals surface area contributed by atoms with Crippen molar-refractivity contribution in [2.75, 3.05) is 17.6 Å². The summed E-state index contributed by atoms with van der Waals surface area (Å²) < 4.78 is 22.4. The van der Waals surface area contributed by atoms with Crippen LogP contribution in [0.25, 0.3) is 0 Å². The minimum Gasteiger partial charge on any atom is -0.397 e. The number of nitrogens with one attached hydrogen (secondary N) is 1. The van der Waals surface area contributed by atoms with Gasteiger partial charge < -0.3 is 11.1 Å². The van der Waals surface area contributed by atoms with E-state index >= 15 is 0 Å². The van der Waals surface area contributed by atoms with Crippen molar-refractivity contribution in [2.24, 2.45) is 5.14 Å². The summed E-state index contributed by atoms with van der Waals surface area (Å²) in [5.41, 5.74) is 7.98. The zero-order chi connectivity index (χ0) is 15.5. The van der Waals surface area contributed by atoms with E-state index < -0.39 is 10.0 Å². The van der Waals surface area contributed by atoms with Crippen molar-refractivity contribution in [1.29, 1.82) is 0 Å². The number of rotatable bonds is 5. The third kappa shape index (κ3) is 4.35. The predicted molar refractivity (Wildman–Crippen MR) is 85.9 cm³/mol. The van der Waals surface area contributed by atoms with E-state index in [4.69, 9.17) is 22.5 Å². The highest BCUT2D eigenvalue weighted by atomic mass is 35.5. The zero-order valence-corrected chi connectivity index (χ0v) is 12.8. The summed E-state index contributed by atoms with van der Waals surface area (Å²) in [5.74, 6) is 0. The molecule has 0 amide bonds. The molecule has 5 nitrogen and oxygen atoms in total. The number of primary sulfonamides is 1. The van der Waals surface area contributed by atoms with Gasteiger partial charge in [-0.15, -0.1) is 0 Å². The molecule has 5 N–H and O–H groups in total. The quantitative estimate of drug-likeness (QED) is 0.734. The second-order valence-electron chi connectivity index (χ2n) is 4.60. The van der Waals surface area contributed by atoms with Crippen LogP contribution >= 0.6 is 11.6 Å². The van der Waals surface area contributed by atoms with Gasteiger partial charge in [-0.1, -0.05) is 23.7 Å². The molecule has 0 unspecified atom stereocenters. The van der Waals surface area contributed by atoms with E-state index in [2.05, 4.69) is 5.32 Å². The van der Waals surface area contributed by atoms with Crippen molar-refractivity contribution < 1.29 is 8.42 Å². The number of hydrogen-bond donors (Lipinski definition) is 3. The van der Waals surface area contributed by atoms with Gasteiger partial charge in [0.1, 0.15) is 0 Å². The Hall–Kier alpha value is -1.76. The van der Waals surface area contributed by atoms with Gasteiger partial charge in [0, 0.05) is 11.6 Å². The lowest BCUT2D eigenvalue weighted by molar-refractivity contribution is 0.598. The number of halogens is 1. The first-order valence-corrected chi connectivity index (χ1v) is 8.19. The second-order valence-corrected chi connectivity index (χ2v) is 6.60. The Balaban J connectivity index is 1.99. The minimum absolute atomic E-state index is 0.00301. The summed E-state index contributed by atoms with van der Waals surface area (Å²) in [5, 5.41) is 8.91. The van der Waals surface area contributed by atoms with Crippen LogP contribution in [0.3, 0.4) is 0 Å². The van der Waals surface area contributed by atoms with Crippen molar-refractivity contribution in [3.8, 4) is 0 Å². The third-order valence-corrected chi connectivity index (χ3v) is 4.16. The van der Waals surface area contributed by atoms with Crippen molar-refractivity contribution in [3.63, 3.8) is 0 Å². The van der Waals surface area contributed by atoms with Crippen molar-refractivity contribution in [2.45, 2.75) is 11.3 Å². The van der Waals surface area contributed by atoms with Crippen molar-refractivity contribution >= 4 is 33.0 Å². The van der Waals surface area contributed by atoms with Crippen LogP contribution in [0.5, 0.6) is 0 Å². The summed E-state index contributed by atoms with van der Waals surface area (Å²) in [6, 6.07) is 12.0.